The molecule has 1 aliphatic carbocycles. The molecule has 0 saturated heterocycles. The van der Waals surface area contributed by atoms with Crippen molar-refractivity contribution in [3.05, 3.63) is 59.2 Å². The number of fused-ring (bicyclic) bond motifs is 1. The van der Waals surface area contributed by atoms with Crippen molar-refractivity contribution < 1.29 is 19.1 Å². The van der Waals surface area contributed by atoms with Gasteiger partial charge < -0.3 is 9.47 Å². The van der Waals surface area contributed by atoms with Crippen LogP contribution in [0.2, 0.25) is 0 Å². The summed E-state index contributed by atoms with van der Waals surface area (Å²) in [7, 11) is 2.64. The van der Waals surface area contributed by atoms with Crippen LogP contribution in [0.3, 0.4) is 0 Å². The molecule has 0 aliphatic heterocycles. The molecule has 0 heterocycles. The topological polar surface area (TPSA) is 52.6 Å². The zero-order valence-corrected chi connectivity index (χ0v) is 16.2. The van der Waals surface area contributed by atoms with Gasteiger partial charge in [0, 0.05) is 6.42 Å². The first-order valence-electron chi connectivity index (χ1n) is 9.42. The summed E-state index contributed by atoms with van der Waals surface area (Å²) in [5.41, 5.74) is 4.21. The van der Waals surface area contributed by atoms with Gasteiger partial charge >= 0.3 is 11.9 Å². The van der Waals surface area contributed by atoms with Crippen molar-refractivity contribution >= 4 is 11.9 Å². The fraction of sp³-hybridized carbons (Fsp3) is 0.391. The lowest BCUT2D eigenvalue weighted by molar-refractivity contribution is -0.168. The van der Waals surface area contributed by atoms with E-state index in [1.54, 1.807) is 0 Å². The first-order chi connectivity index (χ1) is 13.1. The van der Waals surface area contributed by atoms with Gasteiger partial charge in [-0.3, -0.25) is 9.59 Å². The lowest BCUT2D eigenvalue weighted by Crippen LogP contribution is -2.42. The maximum absolute atomic E-state index is 12.6. The van der Waals surface area contributed by atoms with Crippen LogP contribution in [0.4, 0.5) is 0 Å². The van der Waals surface area contributed by atoms with Crippen molar-refractivity contribution in [1.82, 2.24) is 0 Å². The smallest absolute Gasteiger partial charge is 0.323 e. The Bertz CT molecular complexity index is 823. The number of hydrogen-bond donors (Lipinski definition) is 0. The van der Waals surface area contributed by atoms with Crippen LogP contribution in [0.5, 0.6) is 0 Å². The first-order valence-corrected chi connectivity index (χ1v) is 9.42. The molecule has 0 spiro atoms. The number of aryl methyl sites for hydroxylation is 1. The summed E-state index contributed by atoms with van der Waals surface area (Å²) in [5.74, 6) is -1.06. The Kier molecular flexibility index (Phi) is 5.64. The molecule has 3 rings (SSSR count). The van der Waals surface area contributed by atoms with E-state index in [1.165, 1.54) is 19.8 Å². The van der Waals surface area contributed by atoms with Crippen molar-refractivity contribution in [2.45, 2.75) is 39.0 Å². The molecule has 2 aromatic carbocycles. The Balaban J connectivity index is 2.13. The van der Waals surface area contributed by atoms with Gasteiger partial charge in [0.1, 0.15) is 0 Å². The number of unbranched alkanes of at least 4 members (excludes halogenated alkanes) is 1. The maximum Gasteiger partial charge on any atom is 0.323 e. The largest absolute Gasteiger partial charge is 0.468 e. The fourth-order valence-electron chi connectivity index (χ4n) is 4.02. The lowest BCUT2D eigenvalue weighted by Gasteiger charge is -2.22. The van der Waals surface area contributed by atoms with Gasteiger partial charge in [0.05, 0.1) is 14.2 Å². The summed E-state index contributed by atoms with van der Waals surface area (Å²) >= 11 is 0. The Morgan fingerprint density at radius 2 is 1.67 bits per heavy atom. The maximum atomic E-state index is 12.6. The molecule has 4 nitrogen and oxygen atoms in total. The highest BCUT2D eigenvalue weighted by Gasteiger charge is 2.53. The van der Waals surface area contributed by atoms with Gasteiger partial charge in [0.15, 0.2) is 5.41 Å². The van der Waals surface area contributed by atoms with E-state index >= 15 is 0 Å². The summed E-state index contributed by atoms with van der Waals surface area (Å²) in [6.07, 6.45) is 3.83. The van der Waals surface area contributed by atoms with Crippen LogP contribution in [0.1, 0.15) is 36.5 Å². The molecule has 0 fully saturated rings. The molecule has 0 aromatic heterocycles. The highest BCUT2D eigenvalue weighted by atomic mass is 16.5. The summed E-state index contributed by atoms with van der Waals surface area (Å²) in [4.78, 5) is 25.2. The van der Waals surface area contributed by atoms with Crippen molar-refractivity contribution in [2.75, 3.05) is 14.2 Å². The van der Waals surface area contributed by atoms with E-state index in [0.717, 1.165) is 41.5 Å². The highest BCUT2D eigenvalue weighted by molar-refractivity contribution is 6.02. The van der Waals surface area contributed by atoms with Gasteiger partial charge in [-0.15, -0.1) is 0 Å². The van der Waals surface area contributed by atoms with Crippen LogP contribution >= 0.6 is 0 Å². The molecular weight excluding hydrogens is 340 g/mol. The zero-order chi connectivity index (χ0) is 19.4. The second kappa shape index (κ2) is 7.95. The molecule has 4 heteroatoms. The number of hydrogen-bond acceptors (Lipinski definition) is 4. The van der Waals surface area contributed by atoms with Crippen molar-refractivity contribution in [3.63, 3.8) is 0 Å². The highest BCUT2D eigenvalue weighted by Crippen LogP contribution is 2.44. The number of carbonyl (C=O) groups is 2. The molecule has 0 bridgehead atoms. The molecule has 27 heavy (non-hydrogen) atoms. The van der Waals surface area contributed by atoms with Crippen LogP contribution in [-0.4, -0.2) is 26.2 Å². The molecule has 0 saturated carbocycles. The summed E-state index contributed by atoms with van der Waals surface area (Å²) < 4.78 is 9.99. The SMILES string of the molecule is CCCCc1cc2c(c(-c3ccccc3)c1)CC(C(=O)OC)(C(=O)OC)C2. The molecular formula is C23H26O4. The van der Waals surface area contributed by atoms with Crippen LogP contribution in [0.25, 0.3) is 11.1 Å². The number of benzene rings is 2. The van der Waals surface area contributed by atoms with Gasteiger partial charge in [-0.05, 0) is 47.1 Å². The molecule has 142 valence electrons. The van der Waals surface area contributed by atoms with E-state index in [2.05, 4.69) is 31.2 Å². The predicted octanol–water partition coefficient (Wildman–Crippen LogP) is 4.13. The molecule has 0 radical (unpaired) electrons. The minimum Gasteiger partial charge on any atom is -0.468 e. The summed E-state index contributed by atoms with van der Waals surface area (Å²) in [6, 6.07) is 14.5. The average Bonchev–Trinajstić information content (AvgIpc) is 3.11. The molecule has 2 aromatic rings. The summed E-state index contributed by atoms with van der Waals surface area (Å²) in [5, 5.41) is 0. The van der Waals surface area contributed by atoms with Crippen molar-refractivity contribution in [2.24, 2.45) is 5.41 Å². The Hall–Kier alpha value is -2.62. The van der Waals surface area contributed by atoms with E-state index in [-0.39, 0.29) is 0 Å². The predicted molar refractivity (Wildman–Crippen MR) is 104 cm³/mol. The van der Waals surface area contributed by atoms with Gasteiger partial charge in [-0.25, -0.2) is 0 Å². The first kappa shape index (κ1) is 19.2. The molecule has 1 aliphatic rings. The third-order valence-electron chi connectivity index (χ3n) is 5.43. The van der Waals surface area contributed by atoms with Gasteiger partial charge in [-0.2, -0.15) is 0 Å². The van der Waals surface area contributed by atoms with E-state index in [9.17, 15) is 9.59 Å². The van der Waals surface area contributed by atoms with E-state index < -0.39 is 17.4 Å². The van der Waals surface area contributed by atoms with Gasteiger partial charge in [0.25, 0.3) is 0 Å². The summed E-state index contributed by atoms with van der Waals surface area (Å²) in [6.45, 7) is 2.17. The molecule has 0 N–H and O–H groups in total. The minimum atomic E-state index is -1.29. The molecule has 0 amide bonds. The lowest BCUT2D eigenvalue weighted by atomic mass is 9.84. The van der Waals surface area contributed by atoms with Crippen LogP contribution in [0.15, 0.2) is 42.5 Å². The van der Waals surface area contributed by atoms with Crippen molar-refractivity contribution in [1.29, 1.82) is 0 Å². The Labute approximate surface area is 160 Å². The minimum absolute atomic E-state index is 0.306. The monoisotopic (exact) mass is 366 g/mol. The second-order valence-corrected chi connectivity index (χ2v) is 7.17. The van der Waals surface area contributed by atoms with E-state index in [4.69, 9.17) is 9.47 Å². The third-order valence-corrected chi connectivity index (χ3v) is 5.43. The normalized spacial score (nSPS) is 14.5. The van der Waals surface area contributed by atoms with E-state index in [0.29, 0.717) is 12.8 Å². The zero-order valence-electron chi connectivity index (χ0n) is 16.2. The number of ether oxygens (including phenoxy) is 2. The quantitative estimate of drug-likeness (QED) is 0.570. The fourth-order valence-corrected chi connectivity index (χ4v) is 4.02. The number of esters is 2. The molecule has 0 unspecified atom stereocenters. The standard InChI is InChI=1S/C23H26O4/c1-4-5-9-16-12-18-14-23(21(24)26-2,22(25)27-3)15-20(18)19(13-16)17-10-7-6-8-11-17/h6-8,10-13H,4-5,9,14-15H2,1-3H3. The van der Waals surface area contributed by atoms with E-state index in [1.807, 2.05) is 18.2 Å². The van der Waals surface area contributed by atoms with Crippen LogP contribution in [0, 0.1) is 5.41 Å². The van der Waals surface area contributed by atoms with Crippen LogP contribution in [-0.2, 0) is 38.3 Å². The van der Waals surface area contributed by atoms with Crippen molar-refractivity contribution in [3.8, 4) is 11.1 Å². The van der Waals surface area contributed by atoms with Crippen LogP contribution < -0.4 is 0 Å². The number of carbonyl (C=O) groups excluding carboxylic acids is 2. The Morgan fingerprint density at radius 3 is 2.26 bits per heavy atom. The average molecular weight is 366 g/mol. The Morgan fingerprint density at radius 1 is 1.00 bits per heavy atom. The third kappa shape index (κ3) is 3.48. The van der Waals surface area contributed by atoms with Gasteiger partial charge in [-0.1, -0.05) is 55.8 Å². The molecule has 0 atom stereocenters. The van der Waals surface area contributed by atoms with Gasteiger partial charge in [0.2, 0.25) is 0 Å². The second-order valence-electron chi connectivity index (χ2n) is 7.17. The number of methoxy groups -OCH3 is 2. The number of rotatable bonds is 6.